The van der Waals surface area contributed by atoms with Crippen LogP contribution in [0.2, 0.25) is 0 Å². The standard InChI is InChI=1S/C37H60NO3/c1-5-7-8-9-10-11-12-13-14-15-17-24-33-27-22-28-35(31-33)40-29-20-21-30-41-37(39)36(23-6-2)38(3,4)32-34-25-18-16-19-26-34/h16,18-19,22,25-28,31,36H,5-15,17,20-21,23-24,29-30,32H2,1-4H3/q+1. The van der Waals surface area contributed by atoms with Crippen LogP contribution in [0.4, 0.5) is 0 Å². The molecule has 2 rings (SSSR count). The van der Waals surface area contributed by atoms with Crippen molar-refractivity contribution >= 4 is 5.97 Å². The number of unbranched alkanes of at least 4 members (excludes halogenated alkanes) is 11. The Morgan fingerprint density at radius 3 is 1.95 bits per heavy atom. The lowest BCUT2D eigenvalue weighted by Gasteiger charge is -2.36. The number of carbonyl (C=O) groups is 1. The quantitative estimate of drug-likeness (QED) is 0.0721. The van der Waals surface area contributed by atoms with Crippen molar-refractivity contribution in [3.05, 3.63) is 65.7 Å². The van der Waals surface area contributed by atoms with Crippen LogP contribution in [-0.2, 0) is 22.5 Å². The Bertz CT molecular complexity index is 927. The van der Waals surface area contributed by atoms with Gasteiger partial charge in [-0.05, 0) is 49.8 Å². The van der Waals surface area contributed by atoms with E-state index in [-0.39, 0.29) is 12.0 Å². The number of ether oxygens (including phenoxy) is 2. The molecule has 4 heteroatoms. The van der Waals surface area contributed by atoms with Crippen molar-refractivity contribution in [3.63, 3.8) is 0 Å². The van der Waals surface area contributed by atoms with Crippen molar-refractivity contribution < 1.29 is 18.8 Å². The van der Waals surface area contributed by atoms with Crippen LogP contribution in [-0.4, -0.2) is 43.8 Å². The number of benzene rings is 2. The third-order valence-electron chi connectivity index (χ3n) is 8.13. The molecule has 0 amide bonds. The third kappa shape index (κ3) is 15.5. The smallest absolute Gasteiger partial charge is 0.364 e. The molecular weight excluding hydrogens is 506 g/mol. The number of rotatable bonds is 24. The lowest BCUT2D eigenvalue weighted by molar-refractivity contribution is -0.920. The summed E-state index contributed by atoms with van der Waals surface area (Å²) in [6.45, 7) is 6.32. The fraction of sp³-hybridized carbons (Fsp3) is 0.649. The maximum Gasteiger partial charge on any atom is 0.364 e. The zero-order chi connectivity index (χ0) is 29.6. The van der Waals surface area contributed by atoms with Gasteiger partial charge in [0.2, 0.25) is 0 Å². The molecule has 0 spiro atoms. The first kappa shape index (κ1) is 34.9. The molecule has 2 aromatic carbocycles. The first-order chi connectivity index (χ1) is 20.0. The summed E-state index contributed by atoms with van der Waals surface area (Å²) in [6.07, 6.45) is 19.7. The molecule has 1 atom stereocenters. The molecule has 0 aliphatic carbocycles. The predicted molar refractivity (Wildman–Crippen MR) is 173 cm³/mol. The van der Waals surface area contributed by atoms with Crippen LogP contribution in [0.3, 0.4) is 0 Å². The van der Waals surface area contributed by atoms with E-state index in [1.54, 1.807) is 0 Å². The Labute approximate surface area is 252 Å². The number of hydrogen-bond acceptors (Lipinski definition) is 3. The van der Waals surface area contributed by atoms with Gasteiger partial charge in [-0.1, -0.05) is 121 Å². The fourth-order valence-electron chi connectivity index (χ4n) is 5.64. The van der Waals surface area contributed by atoms with Crippen molar-refractivity contribution in [2.24, 2.45) is 0 Å². The van der Waals surface area contributed by atoms with E-state index in [4.69, 9.17) is 9.47 Å². The summed E-state index contributed by atoms with van der Waals surface area (Å²) >= 11 is 0. The number of quaternary nitrogens is 1. The molecule has 2 aromatic rings. The highest BCUT2D eigenvalue weighted by molar-refractivity contribution is 5.74. The van der Waals surface area contributed by atoms with Gasteiger partial charge in [-0.2, -0.15) is 0 Å². The summed E-state index contributed by atoms with van der Waals surface area (Å²) in [4.78, 5) is 13.0. The maximum atomic E-state index is 13.0. The minimum absolute atomic E-state index is 0.0798. The molecule has 0 saturated carbocycles. The van der Waals surface area contributed by atoms with E-state index in [0.717, 1.165) is 44.4 Å². The summed E-state index contributed by atoms with van der Waals surface area (Å²) < 4.78 is 12.4. The topological polar surface area (TPSA) is 35.5 Å². The predicted octanol–water partition coefficient (Wildman–Crippen LogP) is 9.69. The number of likely N-dealkylation sites (N-methyl/N-ethyl adjacent to an activating group) is 1. The van der Waals surface area contributed by atoms with Gasteiger partial charge in [0.15, 0.2) is 6.04 Å². The van der Waals surface area contributed by atoms with E-state index in [2.05, 4.69) is 70.4 Å². The molecular formula is C37H60NO3+. The van der Waals surface area contributed by atoms with Crippen molar-refractivity contribution in [3.8, 4) is 5.75 Å². The molecule has 0 aromatic heterocycles. The second-order valence-electron chi connectivity index (χ2n) is 12.4. The van der Waals surface area contributed by atoms with Crippen molar-refractivity contribution in [1.29, 1.82) is 0 Å². The Morgan fingerprint density at radius 2 is 1.29 bits per heavy atom. The Balaban J connectivity index is 1.58. The van der Waals surface area contributed by atoms with Crippen LogP contribution in [0.1, 0.15) is 121 Å². The number of aryl methyl sites for hydroxylation is 1. The number of esters is 1. The highest BCUT2D eigenvalue weighted by Gasteiger charge is 2.35. The van der Waals surface area contributed by atoms with Crippen LogP contribution in [0.15, 0.2) is 54.6 Å². The van der Waals surface area contributed by atoms with Gasteiger partial charge < -0.3 is 14.0 Å². The van der Waals surface area contributed by atoms with E-state index >= 15 is 0 Å². The van der Waals surface area contributed by atoms with Crippen LogP contribution >= 0.6 is 0 Å². The molecule has 4 nitrogen and oxygen atoms in total. The molecule has 230 valence electrons. The summed E-state index contributed by atoms with van der Waals surface area (Å²) in [5.74, 6) is 0.870. The van der Waals surface area contributed by atoms with Gasteiger partial charge >= 0.3 is 5.97 Å². The molecule has 0 fully saturated rings. The van der Waals surface area contributed by atoms with Crippen molar-refractivity contribution in [2.75, 3.05) is 27.3 Å². The number of nitrogens with zero attached hydrogens (tertiary/aromatic N) is 1. The average molecular weight is 567 g/mol. The average Bonchev–Trinajstić information content (AvgIpc) is 2.96. The normalized spacial score (nSPS) is 12.3. The minimum atomic E-state index is -0.153. The number of hydrogen-bond donors (Lipinski definition) is 0. The minimum Gasteiger partial charge on any atom is -0.494 e. The van der Waals surface area contributed by atoms with Crippen LogP contribution < -0.4 is 4.74 Å². The van der Waals surface area contributed by atoms with E-state index in [1.807, 2.05) is 12.1 Å². The lowest BCUT2D eigenvalue weighted by atomic mass is 10.0. The van der Waals surface area contributed by atoms with Crippen molar-refractivity contribution in [1.82, 2.24) is 0 Å². The molecule has 0 saturated heterocycles. The van der Waals surface area contributed by atoms with Crippen molar-refractivity contribution in [2.45, 2.75) is 129 Å². The van der Waals surface area contributed by atoms with Gasteiger partial charge in [0.05, 0.1) is 27.3 Å². The van der Waals surface area contributed by atoms with Gasteiger partial charge in [-0.25, -0.2) is 4.79 Å². The molecule has 1 unspecified atom stereocenters. The van der Waals surface area contributed by atoms with Gasteiger partial charge in [-0.15, -0.1) is 0 Å². The molecule has 0 aliphatic rings. The van der Waals surface area contributed by atoms with Gasteiger partial charge in [-0.3, -0.25) is 0 Å². The summed E-state index contributed by atoms with van der Waals surface area (Å²) in [7, 11) is 4.27. The fourth-order valence-corrected chi connectivity index (χ4v) is 5.64. The van der Waals surface area contributed by atoms with E-state index < -0.39 is 0 Å². The van der Waals surface area contributed by atoms with E-state index in [1.165, 1.54) is 81.8 Å². The summed E-state index contributed by atoms with van der Waals surface area (Å²) in [5, 5.41) is 0. The first-order valence-electron chi connectivity index (χ1n) is 16.7. The second-order valence-corrected chi connectivity index (χ2v) is 12.4. The second kappa shape index (κ2) is 21.4. The Kier molecular flexibility index (Phi) is 18.2. The lowest BCUT2D eigenvalue weighted by Crippen LogP contribution is -2.52. The first-order valence-corrected chi connectivity index (χ1v) is 16.7. The van der Waals surface area contributed by atoms with E-state index in [9.17, 15) is 4.79 Å². The maximum absolute atomic E-state index is 13.0. The van der Waals surface area contributed by atoms with Crippen LogP contribution in [0, 0.1) is 0 Å². The van der Waals surface area contributed by atoms with Crippen LogP contribution in [0.5, 0.6) is 5.75 Å². The molecule has 0 radical (unpaired) electrons. The Morgan fingerprint density at radius 1 is 0.683 bits per heavy atom. The molecule has 0 aliphatic heterocycles. The highest BCUT2D eigenvalue weighted by atomic mass is 16.5. The molecule has 0 bridgehead atoms. The van der Waals surface area contributed by atoms with E-state index in [0.29, 0.717) is 17.7 Å². The molecule has 41 heavy (non-hydrogen) atoms. The third-order valence-corrected chi connectivity index (χ3v) is 8.13. The van der Waals surface area contributed by atoms with Gasteiger partial charge in [0, 0.05) is 12.0 Å². The van der Waals surface area contributed by atoms with Gasteiger partial charge in [0.1, 0.15) is 12.3 Å². The molecule has 0 heterocycles. The summed E-state index contributed by atoms with van der Waals surface area (Å²) in [5.41, 5.74) is 2.61. The summed E-state index contributed by atoms with van der Waals surface area (Å²) in [6, 6.07) is 18.8. The zero-order valence-electron chi connectivity index (χ0n) is 26.9. The SMILES string of the molecule is CCCCCCCCCCCCCc1cccc(OCCCCOC(=O)C(CCC)[N+](C)(C)Cc2ccccc2)c1. The largest absolute Gasteiger partial charge is 0.494 e. The number of carbonyl (C=O) groups excluding carboxylic acids is 1. The zero-order valence-corrected chi connectivity index (χ0v) is 26.9. The monoisotopic (exact) mass is 566 g/mol. The van der Waals surface area contributed by atoms with Gasteiger partial charge in [0.25, 0.3) is 0 Å². The van der Waals surface area contributed by atoms with Crippen LogP contribution in [0.25, 0.3) is 0 Å². The Hall–Kier alpha value is -2.33. The highest BCUT2D eigenvalue weighted by Crippen LogP contribution is 2.20. The molecule has 0 N–H and O–H groups in total.